The predicted molar refractivity (Wildman–Crippen MR) is 88.7 cm³/mol. The Morgan fingerprint density at radius 3 is 2.86 bits per heavy atom. The molecule has 0 aliphatic rings. The number of aryl methyl sites for hydroxylation is 1. The van der Waals surface area contributed by atoms with E-state index in [2.05, 4.69) is 56.7 Å². The fourth-order valence-corrected chi connectivity index (χ4v) is 2.43. The van der Waals surface area contributed by atoms with E-state index < -0.39 is 0 Å². The number of hydrogen-bond donors (Lipinski definition) is 2. The number of carbonyl (C=O) groups excluding carboxylic acids is 1. The van der Waals surface area contributed by atoms with Gasteiger partial charge in [0.25, 0.3) is 5.91 Å². The van der Waals surface area contributed by atoms with Crippen molar-refractivity contribution in [1.29, 1.82) is 0 Å². The fourth-order valence-electron chi connectivity index (χ4n) is 2.09. The zero-order valence-electron chi connectivity index (χ0n) is 12.1. The number of amides is 1. The Hall–Kier alpha value is -1.88. The van der Waals surface area contributed by atoms with Gasteiger partial charge in [-0.25, -0.2) is 4.98 Å². The summed E-state index contributed by atoms with van der Waals surface area (Å²) in [6.45, 7) is 2.66. The molecule has 0 saturated carbocycles. The minimum absolute atomic E-state index is 0.124. The van der Waals surface area contributed by atoms with Crippen LogP contribution in [0.15, 0.2) is 41.0 Å². The summed E-state index contributed by atoms with van der Waals surface area (Å²) in [5.74, 6) is 0.451. The number of rotatable bonds is 5. The van der Waals surface area contributed by atoms with Crippen molar-refractivity contribution in [3.63, 3.8) is 0 Å². The van der Waals surface area contributed by atoms with Gasteiger partial charge in [0.2, 0.25) is 0 Å². The summed E-state index contributed by atoms with van der Waals surface area (Å²) in [5, 5.41) is 5.86. The van der Waals surface area contributed by atoms with Crippen molar-refractivity contribution in [2.24, 2.45) is 0 Å². The second-order valence-electron chi connectivity index (χ2n) is 4.79. The van der Waals surface area contributed by atoms with Gasteiger partial charge in [-0.3, -0.25) is 4.79 Å². The van der Waals surface area contributed by atoms with Gasteiger partial charge in [-0.1, -0.05) is 29.8 Å². The normalized spacial score (nSPS) is 10.2. The quantitative estimate of drug-likeness (QED) is 0.873. The SMILES string of the molecule is CNc1ncc(Br)cc1C(=O)NCCc1cccc(C)c1. The molecule has 110 valence electrons. The number of anilines is 1. The number of nitrogens with zero attached hydrogens (tertiary/aromatic N) is 1. The van der Waals surface area contributed by atoms with E-state index in [0.717, 1.165) is 10.9 Å². The number of benzene rings is 1. The Labute approximate surface area is 133 Å². The molecule has 4 nitrogen and oxygen atoms in total. The first-order valence-electron chi connectivity index (χ1n) is 6.77. The lowest BCUT2D eigenvalue weighted by Crippen LogP contribution is -2.26. The molecule has 1 amide bonds. The summed E-state index contributed by atoms with van der Waals surface area (Å²) >= 11 is 3.34. The summed E-state index contributed by atoms with van der Waals surface area (Å²) in [6.07, 6.45) is 2.47. The van der Waals surface area contributed by atoms with Gasteiger partial charge in [0.05, 0.1) is 5.56 Å². The predicted octanol–water partition coefficient (Wildman–Crippen LogP) is 3.17. The van der Waals surface area contributed by atoms with Crippen LogP contribution >= 0.6 is 15.9 Å². The third-order valence-corrected chi connectivity index (χ3v) is 3.55. The third-order valence-electron chi connectivity index (χ3n) is 3.12. The Morgan fingerprint density at radius 1 is 1.33 bits per heavy atom. The van der Waals surface area contributed by atoms with Crippen LogP contribution in [0.2, 0.25) is 0 Å². The van der Waals surface area contributed by atoms with Crippen LogP contribution in [0.4, 0.5) is 5.82 Å². The van der Waals surface area contributed by atoms with Gasteiger partial charge in [0.15, 0.2) is 0 Å². The zero-order valence-corrected chi connectivity index (χ0v) is 13.7. The average molecular weight is 348 g/mol. The van der Waals surface area contributed by atoms with Gasteiger partial charge in [0.1, 0.15) is 5.82 Å². The summed E-state index contributed by atoms with van der Waals surface area (Å²) < 4.78 is 0.783. The molecule has 0 radical (unpaired) electrons. The van der Waals surface area contributed by atoms with Crippen molar-refractivity contribution >= 4 is 27.7 Å². The van der Waals surface area contributed by atoms with Crippen molar-refractivity contribution in [3.05, 3.63) is 57.7 Å². The molecule has 2 N–H and O–H groups in total. The number of nitrogens with one attached hydrogen (secondary N) is 2. The molecule has 2 rings (SSSR count). The highest BCUT2D eigenvalue weighted by Crippen LogP contribution is 2.17. The molecule has 1 heterocycles. The Bertz CT molecular complexity index is 643. The number of hydrogen-bond acceptors (Lipinski definition) is 3. The Morgan fingerprint density at radius 2 is 2.14 bits per heavy atom. The lowest BCUT2D eigenvalue weighted by Gasteiger charge is -2.09. The highest BCUT2D eigenvalue weighted by molar-refractivity contribution is 9.10. The number of halogens is 1. The number of carbonyl (C=O) groups is 1. The Balaban J connectivity index is 1.97. The van der Waals surface area contributed by atoms with Gasteiger partial charge in [-0.05, 0) is 40.9 Å². The smallest absolute Gasteiger partial charge is 0.255 e. The monoisotopic (exact) mass is 347 g/mol. The van der Waals surface area contributed by atoms with Crippen molar-refractivity contribution < 1.29 is 4.79 Å². The highest BCUT2D eigenvalue weighted by atomic mass is 79.9. The van der Waals surface area contributed by atoms with Crippen molar-refractivity contribution in [2.45, 2.75) is 13.3 Å². The maximum atomic E-state index is 12.2. The van der Waals surface area contributed by atoms with Gasteiger partial charge < -0.3 is 10.6 Å². The topological polar surface area (TPSA) is 54.0 Å². The molecule has 0 unspecified atom stereocenters. The van der Waals surface area contributed by atoms with Crippen molar-refractivity contribution in [2.75, 3.05) is 18.9 Å². The van der Waals surface area contributed by atoms with Crippen molar-refractivity contribution in [1.82, 2.24) is 10.3 Å². The number of pyridine rings is 1. The van der Waals surface area contributed by atoms with E-state index >= 15 is 0 Å². The van der Waals surface area contributed by atoms with Crippen molar-refractivity contribution in [3.8, 4) is 0 Å². The lowest BCUT2D eigenvalue weighted by molar-refractivity contribution is 0.0954. The van der Waals surface area contributed by atoms with Crippen LogP contribution in [-0.2, 0) is 6.42 Å². The van der Waals surface area contributed by atoms with E-state index in [1.165, 1.54) is 11.1 Å². The number of aromatic nitrogens is 1. The second kappa shape index (κ2) is 7.22. The van der Waals surface area contributed by atoms with E-state index in [4.69, 9.17) is 0 Å². The molecule has 1 aromatic carbocycles. The van der Waals surface area contributed by atoms with Crippen LogP contribution in [0.3, 0.4) is 0 Å². The fraction of sp³-hybridized carbons (Fsp3) is 0.250. The van der Waals surface area contributed by atoms with E-state index in [-0.39, 0.29) is 5.91 Å². The first-order valence-corrected chi connectivity index (χ1v) is 7.56. The maximum Gasteiger partial charge on any atom is 0.255 e. The molecule has 0 fully saturated rings. The van der Waals surface area contributed by atoms with Crippen LogP contribution in [0.1, 0.15) is 21.5 Å². The molecule has 0 saturated heterocycles. The van der Waals surface area contributed by atoms with Gasteiger partial charge in [-0.2, -0.15) is 0 Å². The van der Waals surface area contributed by atoms with E-state index in [1.54, 1.807) is 19.3 Å². The zero-order chi connectivity index (χ0) is 15.2. The molecule has 21 heavy (non-hydrogen) atoms. The standard InChI is InChI=1S/C16H18BrN3O/c1-11-4-3-5-12(8-11)6-7-19-16(21)14-9-13(17)10-20-15(14)18-2/h3-5,8-10H,6-7H2,1-2H3,(H,18,20)(H,19,21). The molecule has 0 spiro atoms. The Kier molecular flexibility index (Phi) is 5.33. The molecular weight excluding hydrogens is 330 g/mol. The van der Waals surface area contributed by atoms with Gasteiger partial charge in [-0.15, -0.1) is 0 Å². The summed E-state index contributed by atoms with van der Waals surface area (Å²) in [6, 6.07) is 10.1. The molecule has 0 bridgehead atoms. The second-order valence-corrected chi connectivity index (χ2v) is 5.71. The summed E-state index contributed by atoms with van der Waals surface area (Å²) in [5.41, 5.74) is 2.99. The first kappa shape index (κ1) is 15.5. The molecule has 0 aliphatic carbocycles. The van der Waals surface area contributed by atoms with Crippen LogP contribution in [0.25, 0.3) is 0 Å². The van der Waals surface area contributed by atoms with Crippen LogP contribution < -0.4 is 10.6 Å². The molecular formula is C16H18BrN3O. The first-order chi connectivity index (χ1) is 10.1. The third kappa shape index (κ3) is 4.29. The van der Waals surface area contributed by atoms with E-state index in [9.17, 15) is 4.79 Å². The summed E-state index contributed by atoms with van der Waals surface area (Å²) in [7, 11) is 1.75. The molecule has 1 aromatic heterocycles. The maximum absolute atomic E-state index is 12.2. The van der Waals surface area contributed by atoms with E-state index in [0.29, 0.717) is 17.9 Å². The van der Waals surface area contributed by atoms with Gasteiger partial charge in [0, 0.05) is 24.3 Å². The van der Waals surface area contributed by atoms with E-state index in [1.807, 2.05) is 6.07 Å². The molecule has 2 aromatic rings. The highest BCUT2D eigenvalue weighted by Gasteiger charge is 2.12. The van der Waals surface area contributed by atoms with Crippen LogP contribution in [-0.4, -0.2) is 24.5 Å². The van der Waals surface area contributed by atoms with Crippen LogP contribution in [0, 0.1) is 6.92 Å². The largest absolute Gasteiger partial charge is 0.372 e. The summed E-state index contributed by atoms with van der Waals surface area (Å²) in [4.78, 5) is 16.4. The average Bonchev–Trinajstić information content (AvgIpc) is 2.47. The van der Waals surface area contributed by atoms with Gasteiger partial charge >= 0.3 is 0 Å². The van der Waals surface area contributed by atoms with Crippen LogP contribution in [0.5, 0.6) is 0 Å². The minimum atomic E-state index is -0.124. The molecule has 5 heteroatoms. The molecule has 0 aliphatic heterocycles. The minimum Gasteiger partial charge on any atom is -0.372 e. The molecule has 0 atom stereocenters. The lowest BCUT2D eigenvalue weighted by atomic mass is 10.1.